The Kier molecular flexibility index (Phi) is 6.77. The summed E-state index contributed by atoms with van der Waals surface area (Å²) in [6.07, 6.45) is 0. The van der Waals surface area contributed by atoms with Crippen LogP contribution in [0.5, 0.6) is 11.5 Å². The molecule has 1 heterocycles. The highest BCUT2D eigenvalue weighted by Crippen LogP contribution is 2.21. The quantitative estimate of drug-likeness (QED) is 0.568. The lowest BCUT2D eigenvalue weighted by Crippen LogP contribution is -2.15. The highest BCUT2D eigenvalue weighted by molar-refractivity contribution is 7.99. The average molecular weight is 413 g/mol. The molecule has 0 aliphatic carbocycles. The van der Waals surface area contributed by atoms with E-state index in [4.69, 9.17) is 9.47 Å². The summed E-state index contributed by atoms with van der Waals surface area (Å²) in [5, 5.41) is 11.9. The summed E-state index contributed by atoms with van der Waals surface area (Å²) < 4.78 is 12.7. The van der Waals surface area contributed by atoms with Gasteiger partial charge in [-0.1, -0.05) is 23.9 Å². The van der Waals surface area contributed by atoms with E-state index in [0.717, 1.165) is 28.3 Å². The molecular formula is C21H24N4O3S. The smallest absolute Gasteiger partial charge is 0.234 e. The fourth-order valence-corrected chi connectivity index (χ4v) is 3.33. The first kappa shape index (κ1) is 20.7. The van der Waals surface area contributed by atoms with E-state index >= 15 is 0 Å². The number of aromatic nitrogens is 3. The lowest BCUT2D eigenvalue weighted by atomic mass is 10.1. The Morgan fingerprint density at radius 1 is 1.10 bits per heavy atom. The highest BCUT2D eigenvalue weighted by atomic mass is 32.2. The molecule has 2 aromatic carbocycles. The molecule has 1 N–H and O–H groups in total. The topological polar surface area (TPSA) is 78.3 Å². The predicted molar refractivity (Wildman–Crippen MR) is 114 cm³/mol. The molecule has 152 valence electrons. The van der Waals surface area contributed by atoms with Crippen molar-refractivity contribution >= 4 is 23.4 Å². The van der Waals surface area contributed by atoms with Crippen LogP contribution in [0.4, 0.5) is 5.69 Å². The summed E-state index contributed by atoms with van der Waals surface area (Å²) in [5.74, 6) is 2.34. The molecule has 0 spiro atoms. The van der Waals surface area contributed by atoms with Crippen LogP contribution >= 0.6 is 11.8 Å². The van der Waals surface area contributed by atoms with Crippen molar-refractivity contribution in [3.05, 3.63) is 59.4 Å². The van der Waals surface area contributed by atoms with Crippen LogP contribution in [0.2, 0.25) is 0 Å². The van der Waals surface area contributed by atoms with Crippen molar-refractivity contribution in [2.45, 2.75) is 25.6 Å². The third-order valence-corrected chi connectivity index (χ3v) is 5.37. The van der Waals surface area contributed by atoms with E-state index in [1.807, 2.05) is 67.9 Å². The second-order valence-electron chi connectivity index (χ2n) is 6.58. The molecule has 0 aliphatic rings. The molecule has 8 heteroatoms. The maximum absolute atomic E-state index is 12.3. The van der Waals surface area contributed by atoms with Crippen molar-refractivity contribution in [1.29, 1.82) is 0 Å². The standard InChI is InChI=1S/C21H24N4O3S/c1-14-5-6-15(2)18(11-14)22-20(26)13-29-21-24-23-19(25(21)3)12-28-17-9-7-16(27-4)8-10-17/h5-11H,12-13H2,1-4H3,(H,22,26). The van der Waals surface area contributed by atoms with Gasteiger partial charge in [0.25, 0.3) is 0 Å². The van der Waals surface area contributed by atoms with Gasteiger partial charge in [-0.3, -0.25) is 4.79 Å². The minimum absolute atomic E-state index is 0.0808. The number of nitrogens with one attached hydrogen (secondary N) is 1. The number of rotatable bonds is 8. The molecule has 3 rings (SSSR count). The van der Waals surface area contributed by atoms with E-state index in [0.29, 0.717) is 11.0 Å². The van der Waals surface area contributed by atoms with Gasteiger partial charge >= 0.3 is 0 Å². The van der Waals surface area contributed by atoms with Crippen LogP contribution in [0.1, 0.15) is 17.0 Å². The number of nitrogens with zero attached hydrogens (tertiary/aromatic N) is 3. The number of hydrogen-bond donors (Lipinski definition) is 1. The van der Waals surface area contributed by atoms with Crippen LogP contribution in [0, 0.1) is 13.8 Å². The largest absolute Gasteiger partial charge is 0.497 e. The zero-order chi connectivity index (χ0) is 20.8. The summed E-state index contributed by atoms with van der Waals surface area (Å²) in [5.41, 5.74) is 2.97. The van der Waals surface area contributed by atoms with E-state index < -0.39 is 0 Å². The summed E-state index contributed by atoms with van der Waals surface area (Å²) in [7, 11) is 3.48. The van der Waals surface area contributed by atoms with Gasteiger partial charge in [0.1, 0.15) is 18.1 Å². The lowest BCUT2D eigenvalue weighted by molar-refractivity contribution is -0.113. The number of ether oxygens (including phenoxy) is 2. The van der Waals surface area contributed by atoms with Gasteiger partial charge in [-0.25, -0.2) is 0 Å². The Morgan fingerprint density at radius 3 is 2.55 bits per heavy atom. The average Bonchev–Trinajstić information content (AvgIpc) is 3.07. The highest BCUT2D eigenvalue weighted by Gasteiger charge is 2.13. The van der Waals surface area contributed by atoms with Crippen LogP contribution in [0.15, 0.2) is 47.6 Å². The van der Waals surface area contributed by atoms with Crippen molar-refractivity contribution in [3.63, 3.8) is 0 Å². The molecule has 0 saturated carbocycles. The molecule has 3 aromatic rings. The van der Waals surface area contributed by atoms with E-state index in [1.165, 1.54) is 11.8 Å². The van der Waals surface area contributed by atoms with E-state index in [9.17, 15) is 4.79 Å². The molecule has 0 saturated heterocycles. The molecule has 0 aliphatic heterocycles. The summed E-state index contributed by atoms with van der Waals surface area (Å²) in [6.45, 7) is 4.25. The SMILES string of the molecule is COc1ccc(OCc2nnc(SCC(=O)Nc3cc(C)ccc3C)n2C)cc1. The number of benzene rings is 2. The van der Waals surface area contributed by atoms with E-state index in [2.05, 4.69) is 15.5 Å². The van der Waals surface area contributed by atoms with Crippen LogP contribution in [-0.2, 0) is 18.4 Å². The zero-order valence-electron chi connectivity index (χ0n) is 16.9. The molecule has 1 aromatic heterocycles. The van der Waals surface area contributed by atoms with E-state index in [1.54, 1.807) is 7.11 Å². The summed E-state index contributed by atoms with van der Waals surface area (Å²) in [6, 6.07) is 13.3. The number of anilines is 1. The van der Waals surface area contributed by atoms with Gasteiger partial charge in [0.15, 0.2) is 11.0 Å². The lowest BCUT2D eigenvalue weighted by Gasteiger charge is -2.09. The molecule has 0 bridgehead atoms. The Bertz CT molecular complexity index is 986. The Hall–Kier alpha value is -3.00. The second-order valence-corrected chi connectivity index (χ2v) is 7.52. The molecule has 0 unspecified atom stereocenters. The van der Waals surface area contributed by atoms with Gasteiger partial charge in [-0.2, -0.15) is 0 Å². The molecular weight excluding hydrogens is 388 g/mol. The normalized spacial score (nSPS) is 10.6. The minimum Gasteiger partial charge on any atom is -0.497 e. The Morgan fingerprint density at radius 2 is 1.83 bits per heavy atom. The van der Waals surface area contributed by atoms with Gasteiger partial charge in [0.2, 0.25) is 5.91 Å². The minimum atomic E-state index is -0.0808. The van der Waals surface area contributed by atoms with Gasteiger partial charge in [-0.15, -0.1) is 10.2 Å². The second kappa shape index (κ2) is 9.47. The van der Waals surface area contributed by atoms with Crippen LogP contribution in [0.25, 0.3) is 0 Å². The third-order valence-electron chi connectivity index (χ3n) is 4.35. The van der Waals surface area contributed by atoms with Crippen molar-refractivity contribution < 1.29 is 14.3 Å². The number of aryl methyl sites for hydroxylation is 2. The first-order chi connectivity index (χ1) is 14.0. The number of hydrogen-bond acceptors (Lipinski definition) is 6. The number of thioether (sulfide) groups is 1. The molecule has 7 nitrogen and oxygen atoms in total. The molecule has 1 amide bonds. The molecule has 0 radical (unpaired) electrons. The van der Waals surface area contributed by atoms with Gasteiger partial charge in [-0.05, 0) is 55.3 Å². The number of amides is 1. The first-order valence-electron chi connectivity index (χ1n) is 9.11. The fraction of sp³-hybridized carbons (Fsp3) is 0.286. The number of methoxy groups -OCH3 is 1. The Labute approximate surface area is 174 Å². The van der Waals surface area contributed by atoms with Gasteiger partial charge in [0.05, 0.1) is 12.9 Å². The summed E-state index contributed by atoms with van der Waals surface area (Å²) >= 11 is 1.34. The first-order valence-corrected chi connectivity index (χ1v) is 10.1. The van der Waals surface area contributed by atoms with Gasteiger partial charge in [0, 0.05) is 12.7 Å². The third kappa shape index (κ3) is 5.51. The van der Waals surface area contributed by atoms with Crippen molar-refractivity contribution in [3.8, 4) is 11.5 Å². The number of carbonyl (C=O) groups excluding carboxylic acids is 1. The molecule has 0 fully saturated rings. The van der Waals surface area contributed by atoms with Crippen molar-refractivity contribution in [2.75, 3.05) is 18.2 Å². The predicted octanol–water partition coefficient (Wildman–Crippen LogP) is 3.75. The molecule has 29 heavy (non-hydrogen) atoms. The maximum Gasteiger partial charge on any atom is 0.234 e. The molecule has 0 atom stereocenters. The Balaban J connectivity index is 1.53. The van der Waals surface area contributed by atoms with Gasteiger partial charge < -0.3 is 19.4 Å². The van der Waals surface area contributed by atoms with Crippen LogP contribution in [0.3, 0.4) is 0 Å². The maximum atomic E-state index is 12.3. The van der Waals surface area contributed by atoms with Crippen molar-refractivity contribution in [1.82, 2.24) is 14.8 Å². The summed E-state index contributed by atoms with van der Waals surface area (Å²) in [4.78, 5) is 12.3. The van der Waals surface area contributed by atoms with Crippen LogP contribution in [-0.4, -0.2) is 33.5 Å². The van der Waals surface area contributed by atoms with E-state index in [-0.39, 0.29) is 18.3 Å². The number of carbonyl (C=O) groups is 1. The zero-order valence-corrected chi connectivity index (χ0v) is 17.7. The fourth-order valence-electron chi connectivity index (χ4n) is 2.60. The van der Waals surface area contributed by atoms with Crippen LogP contribution < -0.4 is 14.8 Å². The van der Waals surface area contributed by atoms with Crippen molar-refractivity contribution in [2.24, 2.45) is 7.05 Å². The monoisotopic (exact) mass is 412 g/mol.